The van der Waals surface area contributed by atoms with Crippen molar-refractivity contribution in [3.63, 3.8) is 0 Å². The lowest BCUT2D eigenvalue weighted by molar-refractivity contribution is -0.142. The molecule has 0 radical (unpaired) electrons. The highest BCUT2D eigenvalue weighted by atomic mass is 16.4. The number of hydrazine groups is 1. The first kappa shape index (κ1) is 14.8. The summed E-state index contributed by atoms with van der Waals surface area (Å²) in [6.07, 6.45) is 2.45. The largest absolute Gasteiger partial charge is 0.478 e. The first-order valence-corrected chi connectivity index (χ1v) is 7.48. The van der Waals surface area contributed by atoms with Gasteiger partial charge in [0.2, 0.25) is 5.91 Å². The Bertz CT molecular complexity index is 666. The van der Waals surface area contributed by atoms with E-state index in [0.717, 1.165) is 5.56 Å². The number of hydrogen-bond donors (Lipinski definition) is 1. The molecule has 1 atom stereocenters. The van der Waals surface area contributed by atoms with Crippen molar-refractivity contribution >= 4 is 11.9 Å². The van der Waals surface area contributed by atoms with Gasteiger partial charge in [-0.3, -0.25) is 4.79 Å². The predicted octanol–water partition coefficient (Wildman–Crippen LogP) is 2.50. The second-order valence-electron chi connectivity index (χ2n) is 6.47. The maximum absolute atomic E-state index is 12.3. The van der Waals surface area contributed by atoms with Gasteiger partial charge in [0.1, 0.15) is 0 Å². The third kappa shape index (κ3) is 1.75. The molecule has 1 aromatic carbocycles. The van der Waals surface area contributed by atoms with Crippen LogP contribution < -0.4 is 0 Å². The molecule has 1 unspecified atom stereocenters. The van der Waals surface area contributed by atoms with Crippen LogP contribution in [0.3, 0.4) is 0 Å². The summed E-state index contributed by atoms with van der Waals surface area (Å²) in [6, 6.07) is 9.58. The van der Waals surface area contributed by atoms with Crippen molar-refractivity contribution in [1.29, 1.82) is 0 Å². The number of rotatable bonds is 3. The van der Waals surface area contributed by atoms with Gasteiger partial charge in [0, 0.05) is 18.2 Å². The molecule has 0 bridgehead atoms. The second kappa shape index (κ2) is 4.68. The zero-order chi connectivity index (χ0) is 16.1. The molecule has 22 heavy (non-hydrogen) atoms. The van der Waals surface area contributed by atoms with Crippen LogP contribution in [0, 0.1) is 0 Å². The molecule has 2 aliphatic rings. The molecule has 0 aliphatic carbocycles. The number of aliphatic carboxylic acids is 1. The summed E-state index contributed by atoms with van der Waals surface area (Å²) in [6.45, 7) is 5.93. The second-order valence-corrected chi connectivity index (χ2v) is 6.47. The van der Waals surface area contributed by atoms with Crippen LogP contribution in [-0.2, 0) is 15.1 Å². The minimum Gasteiger partial charge on any atom is -0.478 e. The fourth-order valence-electron chi connectivity index (χ4n) is 3.87. The zero-order valence-electron chi connectivity index (χ0n) is 13.0. The number of carbonyl (C=O) groups excluding carboxylic acids is 1. The van der Waals surface area contributed by atoms with E-state index in [9.17, 15) is 14.7 Å². The lowest BCUT2D eigenvalue weighted by Crippen LogP contribution is -2.55. The van der Waals surface area contributed by atoms with Crippen molar-refractivity contribution in [2.45, 2.75) is 44.7 Å². The molecule has 3 rings (SSSR count). The molecule has 1 amide bonds. The number of nitrogens with zero attached hydrogens (tertiary/aromatic N) is 2. The quantitative estimate of drug-likeness (QED) is 0.931. The Morgan fingerprint density at radius 3 is 2.45 bits per heavy atom. The van der Waals surface area contributed by atoms with Crippen LogP contribution in [0.25, 0.3) is 0 Å². The van der Waals surface area contributed by atoms with Gasteiger partial charge in [0.15, 0.2) is 0 Å². The smallest absolute Gasteiger partial charge is 0.335 e. The fraction of sp³-hybridized carbons (Fsp3) is 0.412. The number of hydrogen-bond acceptors (Lipinski definition) is 3. The van der Waals surface area contributed by atoms with Crippen LogP contribution >= 0.6 is 0 Å². The Labute approximate surface area is 129 Å². The van der Waals surface area contributed by atoms with Crippen LogP contribution in [0.15, 0.2) is 42.1 Å². The number of carboxylic acid groups (broad SMARTS) is 1. The lowest BCUT2D eigenvalue weighted by atomic mass is 9.78. The molecule has 5 heteroatoms. The third-order valence-electron chi connectivity index (χ3n) is 4.68. The van der Waals surface area contributed by atoms with E-state index >= 15 is 0 Å². The minimum absolute atomic E-state index is 0.0602. The van der Waals surface area contributed by atoms with E-state index < -0.39 is 17.0 Å². The molecule has 116 valence electrons. The lowest BCUT2D eigenvalue weighted by Gasteiger charge is -2.45. The van der Waals surface area contributed by atoms with E-state index in [1.807, 2.05) is 56.1 Å². The maximum Gasteiger partial charge on any atom is 0.335 e. The molecular formula is C17H20N2O3. The van der Waals surface area contributed by atoms with Crippen LogP contribution in [-0.4, -0.2) is 32.5 Å². The van der Waals surface area contributed by atoms with Gasteiger partial charge in [-0.15, -0.1) is 0 Å². The highest BCUT2D eigenvalue weighted by Gasteiger charge is 2.60. The van der Waals surface area contributed by atoms with Crippen molar-refractivity contribution < 1.29 is 14.7 Å². The molecule has 0 aromatic heterocycles. The van der Waals surface area contributed by atoms with Crippen molar-refractivity contribution in [3.8, 4) is 0 Å². The highest BCUT2D eigenvalue weighted by molar-refractivity contribution is 5.93. The number of carboxylic acids is 1. The highest BCUT2D eigenvalue weighted by Crippen LogP contribution is 2.52. The number of carbonyl (C=O) groups is 2. The van der Waals surface area contributed by atoms with Crippen molar-refractivity contribution in [2.24, 2.45) is 0 Å². The van der Waals surface area contributed by atoms with Crippen molar-refractivity contribution in [3.05, 3.63) is 47.7 Å². The third-order valence-corrected chi connectivity index (χ3v) is 4.68. The Morgan fingerprint density at radius 2 is 1.91 bits per heavy atom. The molecule has 5 nitrogen and oxygen atoms in total. The van der Waals surface area contributed by atoms with Crippen LogP contribution in [0.2, 0.25) is 0 Å². The van der Waals surface area contributed by atoms with Gasteiger partial charge in [0.25, 0.3) is 0 Å². The topological polar surface area (TPSA) is 60.9 Å². The van der Waals surface area contributed by atoms with E-state index in [1.165, 1.54) is 11.2 Å². The van der Waals surface area contributed by atoms with E-state index in [1.54, 1.807) is 0 Å². The molecular weight excluding hydrogens is 280 g/mol. The van der Waals surface area contributed by atoms with E-state index in [0.29, 0.717) is 12.8 Å². The van der Waals surface area contributed by atoms with E-state index in [-0.39, 0.29) is 11.5 Å². The summed E-state index contributed by atoms with van der Waals surface area (Å²) in [5.74, 6) is -1.04. The Hall–Kier alpha value is -2.14. The van der Waals surface area contributed by atoms with Crippen LogP contribution in [0.4, 0.5) is 0 Å². The molecule has 1 fully saturated rings. The van der Waals surface area contributed by atoms with Gasteiger partial charge in [0.05, 0.1) is 11.1 Å². The molecule has 1 N–H and O–H groups in total. The minimum atomic E-state index is -0.983. The average molecular weight is 300 g/mol. The summed E-state index contributed by atoms with van der Waals surface area (Å²) in [4.78, 5) is 24.2. The Kier molecular flexibility index (Phi) is 3.14. The predicted molar refractivity (Wildman–Crippen MR) is 81.5 cm³/mol. The van der Waals surface area contributed by atoms with Gasteiger partial charge >= 0.3 is 5.97 Å². The van der Waals surface area contributed by atoms with Gasteiger partial charge in [-0.2, -0.15) is 5.01 Å². The number of amides is 1. The van der Waals surface area contributed by atoms with Gasteiger partial charge < -0.3 is 5.11 Å². The first-order valence-electron chi connectivity index (χ1n) is 7.48. The van der Waals surface area contributed by atoms with Crippen LogP contribution in [0.1, 0.15) is 39.2 Å². The number of benzene rings is 1. The molecule has 2 aliphatic heterocycles. The molecule has 1 aromatic rings. The monoisotopic (exact) mass is 300 g/mol. The average Bonchev–Trinajstić information content (AvgIpc) is 2.95. The standard InChI is InChI=1S/C17H20N2O3/c1-4-17(12-8-6-5-7-9-12)13(15(21)22)11-18-14(20)10-16(2,3)19(17)18/h5-9,11H,4,10H2,1-3H3,(H,21,22). The summed E-state index contributed by atoms with van der Waals surface area (Å²) in [7, 11) is 0. The maximum atomic E-state index is 12.3. The van der Waals surface area contributed by atoms with E-state index in [2.05, 4.69) is 0 Å². The molecule has 0 saturated carbocycles. The summed E-state index contributed by atoms with van der Waals surface area (Å²) in [5, 5.41) is 13.2. The molecule has 2 heterocycles. The zero-order valence-corrected chi connectivity index (χ0v) is 13.0. The fourth-order valence-corrected chi connectivity index (χ4v) is 3.87. The first-order chi connectivity index (χ1) is 10.3. The summed E-state index contributed by atoms with van der Waals surface area (Å²) < 4.78 is 0. The van der Waals surface area contributed by atoms with Gasteiger partial charge in [-0.05, 0) is 25.8 Å². The SMILES string of the molecule is CCC1(c2ccccc2)C(C(=O)O)=CN2C(=O)CC(C)(C)N21. The molecule has 1 saturated heterocycles. The van der Waals surface area contributed by atoms with Crippen molar-refractivity contribution in [2.75, 3.05) is 0 Å². The Morgan fingerprint density at radius 1 is 1.27 bits per heavy atom. The molecule has 0 spiro atoms. The van der Waals surface area contributed by atoms with Gasteiger partial charge in [-0.1, -0.05) is 37.3 Å². The summed E-state index contributed by atoms with van der Waals surface area (Å²) in [5.41, 5.74) is -0.0990. The van der Waals surface area contributed by atoms with Crippen LogP contribution in [0.5, 0.6) is 0 Å². The van der Waals surface area contributed by atoms with E-state index in [4.69, 9.17) is 0 Å². The number of fused-ring (bicyclic) bond motifs is 1. The van der Waals surface area contributed by atoms with Crippen molar-refractivity contribution in [1.82, 2.24) is 10.0 Å². The normalized spacial score (nSPS) is 27.0. The Balaban J connectivity index is 2.27. The summed E-state index contributed by atoms with van der Waals surface area (Å²) >= 11 is 0. The van der Waals surface area contributed by atoms with Gasteiger partial charge in [-0.25, -0.2) is 9.80 Å².